The van der Waals surface area contributed by atoms with Gasteiger partial charge in [-0.1, -0.05) is 24.3 Å². The SMILES string of the molecule is CC(C)N(C)Cc1ccccc1CNC(=O)CCNC(=O)c1ccoc1. The minimum absolute atomic E-state index is 0.0930. The van der Waals surface area contributed by atoms with Crippen molar-refractivity contribution in [2.24, 2.45) is 0 Å². The zero-order valence-electron chi connectivity index (χ0n) is 15.6. The van der Waals surface area contributed by atoms with Crippen LogP contribution in [0.25, 0.3) is 0 Å². The standard InChI is InChI=1S/C20H27N3O3/c1-15(2)23(3)13-17-7-5-4-6-16(17)12-22-19(24)8-10-21-20(25)18-9-11-26-14-18/h4-7,9,11,14-15H,8,10,12-13H2,1-3H3,(H,21,25)(H,22,24). The van der Waals surface area contributed by atoms with Crippen LogP contribution < -0.4 is 10.6 Å². The number of carbonyl (C=O) groups excluding carboxylic acids is 2. The van der Waals surface area contributed by atoms with E-state index in [4.69, 9.17) is 4.42 Å². The van der Waals surface area contributed by atoms with Crippen LogP contribution in [0.2, 0.25) is 0 Å². The number of benzene rings is 1. The molecule has 0 saturated carbocycles. The summed E-state index contributed by atoms with van der Waals surface area (Å²) < 4.78 is 4.86. The van der Waals surface area contributed by atoms with Gasteiger partial charge in [-0.3, -0.25) is 14.5 Å². The number of furan rings is 1. The fourth-order valence-electron chi connectivity index (χ4n) is 2.40. The van der Waals surface area contributed by atoms with Crippen molar-refractivity contribution < 1.29 is 14.0 Å². The van der Waals surface area contributed by atoms with Gasteiger partial charge in [0, 0.05) is 32.1 Å². The number of hydrogen-bond donors (Lipinski definition) is 2. The van der Waals surface area contributed by atoms with Crippen LogP contribution in [0, 0.1) is 0 Å². The van der Waals surface area contributed by atoms with Crippen LogP contribution in [0.15, 0.2) is 47.3 Å². The van der Waals surface area contributed by atoms with Gasteiger partial charge in [-0.2, -0.15) is 0 Å². The van der Waals surface area contributed by atoms with Gasteiger partial charge in [-0.05, 0) is 38.1 Å². The second-order valence-electron chi connectivity index (χ2n) is 6.57. The van der Waals surface area contributed by atoms with E-state index in [-0.39, 0.29) is 24.8 Å². The molecule has 1 heterocycles. The second-order valence-corrected chi connectivity index (χ2v) is 6.57. The van der Waals surface area contributed by atoms with Crippen molar-refractivity contribution in [1.29, 1.82) is 0 Å². The molecule has 0 atom stereocenters. The predicted octanol–water partition coefficient (Wildman–Crippen LogP) is 2.56. The quantitative estimate of drug-likeness (QED) is 0.723. The average Bonchev–Trinajstić information content (AvgIpc) is 3.15. The highest BCUT2D eigenvalue weighted by atomic mass is 16.3. The maximum absolute atomic E-state index is 12.0. The molecule has 0 fully saturated rings. The fraction of sp³-hybridized carbons (Fsp3) is 0.400. The van der Waals surface area contributed by atoms with Gasteiger partial charge in [0.15, 0.2) is 0 Å². The van der Waals surface area contributed by atoms with Crippen molar-refractivity contribution in [2.45, 2.75) is 39.4 Å². The Balaban J connectivity index is 1.77. The molecule has 1 aromatic carbocycles. The molecule has 26 heavy (non-hydrogen) atoms. The summed E-state index contributed by atoms with van der Waals surface area (Å²) in [5.74, 6) is -0.335. The van der Waals surface area contributed by atoms with Crippen molar-refractivity contribution in [1.82, 2.24) is 15.5 Å². The van der Waals surface area contributed by atoms with Crippen molar-refractivity contribution >= 4 is 11.8 Å². The molecule has 0 aliphatic rings. The van der Waals surface area contributed by atoms with E-state index < -0.39 is 0 Å². The number of rotatable bonds is 9. The minimum atomic E-state index is -0.242. The Hall–Kier alpha value is -2.60. The zero-order valence-corrected chi connectivity index (χ0v) is 15.6. The van der Waals surface area contributed by atoms with Gasteiger partial charge in [-0.15, -0.1) is 0 Å². The number of hydrogen-bond acceptors (Lipinski definition) is 4. The molecule has 0 aliphatic carbocycles. The van der Waals surface area contributed by atoms with Crippen LogP contribution in [-0.2, 0) is 17.9 Å². The Bertz CT molecular complexity index is 711. The highest BCUT2D eigenvalue weighted by Gasteiger charge is 2.10. The average molecular weight is 357 g/mol. The third-order valence-electron chi connectivity index (χ3n) is 4.32. The Morgan fingerprint density at radius 2 is 1.85 bits per heavy atom. The van der Waals surface area contributed by atoms with E-state index in [2.05, 4.69) is 42.5 Å². The van der Waals surface area contributed by atoms with Crippen LogP contribution in [0.4, 0.5) is 0 Å². The molecule has 1 aromatic heterocycles. The molecule has 0 saturated heterocycles. The van der Waals surface area contributed by atoms with E-state index in [1.165, 1.54) is 18.1 Å². The molecule has 6 nitrogen and oxygen atoms in total. The first-order chi connectivity index (χ1) is 12.5. The summed E-state index contributed by atoms with van der Waals surface area (Å²) in [6.45, 7) is 5.92. The Kier molecular flexibility index (Phi) is 7.41. The van der Waals surface area contributed by atoms with Crippen LogP contribution in [0.5, 0.6) is 0 Å². The number of nitrogens with one attached hydrogen (secondary N) is 2. The third-order valence-corrected chi connectivity index (χ3v) is 4.32. The lowest BCUT2D eigenvalue weighted by Gasteiger charge is -2.22. The van der Waals surface area contributed by atoms with E-state index >= 15 is 0 Å². The van der Waals surface area contributed by atoms with Gasteiger partial charge in [0.2, 0.25) is 5.91 Å². The third kappa shape index (κ3) is 6.04. The van der Waals surface area contributed by atoms with Gasteiger partial charge in [0.25, 0.3) is 5.91 Å². The lowest BCUT2D eigenvalue weighted by atomic mass is 10.1. The molecule has 2 rings (SSSR count). The molecule has 0 unspecified atom stereocenters. The van der Waals surface area contributed by atoms with Gasteiger partial charge >= 0.3 is 0 Å². The summed E-state index contributed by atoms with van der Waals surface area (Å²) in [7, 11) is 2.09. The summed E-state index contributed by atoms with van der Waals surface area (Å²) in [5, 5.41) is 5.62. The van der Waals surface area contributed by atoms with Crippen molar-refractivity contribution in [3.8, 4) is 0 Å². The Morgan fingerprint density at radius 1 is 1.12 bits per heavy atom. The van der Waals surface area contributed by atoms with E-state index in [1.54, 1.807) is 6.07 Å². The van der Waals surface area contributed by atoms with Crippen LogP contribution in [0.3, 0.4) is 0 Å². The lowest BCUT2D eigenvalue weighted by molar-refractivity contribution is -0.121. The van der Waals surface area contributed by atoms with Crippen LogP contribution in [0.1, 0.15) is 41.8 Å². The Labute approximate surface area is 154 Å². The summed E-state index contributed by atoms with van der Waals surface area (Å²) in [5.41, 5.74) is 2.77. The van der Waals surface area contributed by atoms with Crippen molar-refractivity contribution in [3.63, 3.8) is 0 Å². The first-order valence-corrected chi connectivity index (χ1v) is 8.81. The second kappa shape index (κ2) is 9.77. The van der Waals surface area contributed by atoms with E-state index in [9.17, 15) is 9.59 Å². The van der Waals surface area contributed by atoms with Gasteiger partial charge in [0.05, 0.1) is 11.8 Å². The molecule has 2 amide bonds. The monoisotopic (exact) mass is 357 g/mol. The van der Waals surface area contributed by atoms with E-state index in [1.807, 2.05) is 18.2 Å². The molecule has 0 aliphatic heterocycles. The highest BCUT2D eigenvalue weighted by Crippen LogP contribution is 2.12. The molecule has 6 heteroatoms. The minimum Gasteiger partial charge on any atom is -0.472 e. The van der Waals surface area contributed by atoms with Gasteiger partial charge in [-0.25, -0.2) is 0 Å². The first kappa shape index (κ1) is 19.7. The molecular formula is C20H27N3O3. The number of nitrogens with zero attached hydrogens (tertiary/aromatic N) is 1. The highest BCUT2D eigenvalue weighted by molar-refractivity contribution is 5.94. The molecule has 0 spiro atoms. The maximum atomic E-state index is 12.0. The molecule has 140 valence electrons. The topological polar surface area (TPSA) is 74.6 Å². The molecule has 2 N–H and O–H groups in total. The molecule has 2 aromatic rings. The van der Waals surface area contributed by atoms with E-state index in [0.29, 0.717) is 18.2 Å². The largest absolute Gasteiger partial charge is 0.472 e. The van der Waals surface area contributed by atoms with Crippen molar-refractivity contribution in [3.05, 3.63) is 59.5 Å². The first-order valence-electron chi connectivity index (χ1n) is 8.81. The molecule has 0 bridgehead atoms. The maximum Gasteiger partial charge on any atom is 0.254 e. The lowest BCUT2D eigenvalue weighted by Crippen LogP contribution is -2.31. The number of carbonyl (C=O) groups is 2. The smallest absolute Gasteiger partial charge is 0.254 e. The molecular weight excluding hydrogens is 330 g/mol. The predicted molar refractivity (Wildman–Crippen MR) is 101 cm³/mol. The fourth-order valence-corrected chi connectivity index (χ4v) is 2.40. The summed E-state index contributed by atoms with van der Waals surface area (Å²) in [6.07, 6.45) is 3.05. The summed E-state index contributed by atoms with van der Waals surface area (Å²) in [6, 6.07) is 10.2. The summed E-state index contributed by atoms with van der Waals surface area (Å²) >= 11 is 0. The summed E-state index contributed by atoms with van der Waals surface area (Å²) in [4.78, 5) is 26.1. The van der Waals surface area contributed by atoms with Gasteiger partial charge in [0.1, 0.15) is 6.26 Å². The van der Waals surface area contributed by atoms with Crippen LogP contribution >= 0.6 is 0 Å². The van der Waals surface area contributed by atoms with E-state index in [0.717, 1.165) is 12.1 Å². The number of amides is 2. The van der Waals surface area contributed by atoms with Crippen molar-refractivity contribution in [2.75, 3.05) is 13.6 Å². The zero-order chi connectivity index (χ0) is 18.9. The normalized spacial score (nSPS) is 11.0. The van der Waals surface area contributed by atoms with Crippen LogP contribution in [-0.4, -0.2) is 36.3 Å². The van der Waals surface area contributed by atoms with Gasteiger partial charge < -0.3 is 15.1 Å². The Morgan fingerprint density at radius 3 is 2.50 bits per heavy atom. The molecule has 0 radical (unpaired) electrons.